The smallest absolute Gasteiger partial charge is 0.133 e. The van der Waals surface area contributed by atoms with Crippen molar-refractivity contribution in [2.24, 2.45) is 40.4 Å². The third kappa shape index (κ3) is 2.33. The molecular weight excluding hydrogens is 312 g/mol. The first kappa shape index (κ1) is 17.7. The number of ketones is 2. The molecule has 4 fully saturated rings. The van der Waals surface area contributed by atoms with Crippen LogP contribution in [0.15, 0.2) is 0 Å². The van der Waals surface area contributed by atoms with E-state index >= 15 is 0 Å². The summed E-state index contributed by atoms with van der Waals surface area (Å²) in [5, 5.41) is 11.7. The Morgan fingerprint density at radius 2 is 1.80 bits per heavy atom. The second kappa shape index (κ2) is 5.41. The summed E-state index contributed by atoms with van der Waals surface area (Å²) in [4.78, 5) is 24.3. The fourth-order valence-corrected chi connectivity index (χ4v) is 8.49. The first-order chi connectivity index (χ1) is 11.6. The molecule has 140 valence electrons. The molecule has 0 radical (unpaired) electrons. The van der Waals surface area contributed by atoms with E-state index in [0.29, 0.717) is 42.2 Å². The molecule has 4 rings (SSSR count). The first-order valence-corrected chi connectivity index (χ1v) is 10.3. The van der Waals surface area contributed by atoms with Crippen LogP contribution in [0.2, 0.25) is 0 Å². The minimum Gasteiger partial charge on any atom is -0.390 e. The number of hydrogen-bond acceptors (Lipinski definition) is 3. The lowest BCUT2D eigenvalue weighted by molar-refractivity contribution is -0.213. The van der Waals surface area contributed by atoms with Crippen LogP contribution >= 0.6 is 0 Å². The van der Waals surface area contributed by atoms with Crippen LogP contribution < -0.4 is 0 Å². The number of rotatable bonds is 1. The van der Waals surface area contributed by atoms with E-state index in [0.717, 1.165) is 38.5 Å². The molecule has 0 aliphatic heterocycles. The zero-order chi connectivity index (χ0) is 18.2. The van der Waals surface area contributed by atoms with E-state index in [1.807, 2.05) is 6.92 Å². The number of Topliss-reactive ketones (excluding diaryl/α,β-unsaturated/α-hetero) is 2. The third-order valence-electron chi connectivity index (χ3n) is 9.16. The summed E-state index contributed by atoms with van der Waals surface area (Å²) < 4.78 is 0. The maximum absolute atomic E-state index is 12.3. The molecule has 4 aliphatic carbocycles. The van der Waals surface area contributed by atoms with Gasteiger partial charge < -0.3 is 5.11 Å². The molecule has 0 heterocycles. The fraction of sp³-hybridized carbons (Fsp3) is 0.909. The predicted molar refractivity (Wildman–Crippen MR) is 96.9 cm³/mol. The molecule has 8 atom stereocenters. The van der Waals surface area contributed by atoms with Gasteiger partial charge in [-0.15, -0.1) is 0 Å². The van der Waals surface area contributed by atoms with Crippen LogP contribution in [-0.2, 0) is 9.59 Å². The summed E-state index contributed by atoms with van der Waals surface area (Å²) in [7, 11) is 0. The van der Waals surface area contributed by atoms with Crippen molar-refractivity contribution in [2.45, 2.75) is 84.7 Å². The summed E-state index contributed by atoms with van der Waals surface area (Å²) in [6.07, 6.45) is 7.46. The van der Waals surface area contributed by atoms with Gasteiger partial charge in [0.15, 0.2) is 0 Å². The highest BCUT2D eigenvalue weighted by atomic mass is 16.3. The highest BCUT2D eigenvalue weighted by Crippen LogP contribution is 2.69. The summed E-state index contributed by atoms with van der Waals surface area (Å²) in [5.41, 5.74) is -0.706. The quantitative estimate of drug-likeness (QED) is 0.775. The number of fused-ring (bicyclic) bond motifs is 5. The van der Waals surface area contributed by atoms with Gasteiger partial charge in [0.25, 0.3) is 0 Å². The molecule has 0 aromatic rings. The van der Waals surface area contributed by atoms with Gasteiger partial charge in [0.1, 0.15) is 11.6 Å². The third-order valence-corrected chi connectivity index (χ3v) is 9.16. The number of carbonyl (C=O) groups excluding carboxylic acids is 2. The maximum Gasteiger partial charge on any atom is 0.133 e. The summed E-state index contributed by atoms with van der Waals surface area (Å²) in [6, 6.07) is 0. The Morgan fingerprint density at radius 1 is 1.08 bits per heavy atom. The molecule has 4 saturated carbocycles. The van der Waals surface area contributed by atoms with Crippen LogP contribution in [0.1, 0.15) is 79.1 Å². The number of carbonyl (C=O) groups is 2. The van der Waals surface area contributed by atoms with E-state index in [2.05, 4.69) is 13.8 Å². The molecule has 0 aromatic carbocycles. The molecule has 3 heteroatoms. The van der Waals surface area contributed by atoms with Crippen LogP contribution in [0, 0.1) is 40.4 Å². The van der Waals surface area contributed by atoms with Crippen LogP contribution in [0.3, 0.4) is 0 Å². The van der Waals surface area contributed by atoms with Crippen molar-refractivity contribution in [1.29, 1.82) is 0 Å². The Balaban J connectivity index is 1.74. The van der Waals surface area contributed by atoms with Crippen molar-refractivity contribution >= 4 is 11.6 Å². The van der Waals surface area contributed by atoms with Gasteiger partial charge in [-0.05, 0) is 86.9 Å². The van der Waals surface area contributed by atoms with Crippen molar-refractivity contribution in [2.75, 3.05) is 0 Å². The van der Waals surface area contributed by atoms with Gasteiger partial charge in [-0.25, -0.2) is 0 Å². The largest absolute Gasteiger partial charge is 0.390 e. The van der Waals surface area contributed by atoms with E-state index < -0.39 is 5.60 Å². The second-order valence-corrected chi connectivity index (χ2v) is 10.6. The molecule has 3 nitrogen and oxygen atoms in total. The Labute approximate surface area is 151 Å². The summed E-state index contributed by atoms with van der Waals surface area (Å²) in [6.45, 7) is 8.41. The van der Waals surface area contributed by atoms with Crippen LogP contribution in [0.5, 0.6) is 0 Å². The molecule has 0 unspecified atom stereocenters. The van der Waals surface area contributed by atoms with Crippen LogP contribution in [0.25, 0.3) is 0 Å². The van der Waals surface area contributed by atoms with E-state index in [1.54, 1.807) is 6.92 Å². The van der Waals surface area contributed by atoms with E-state index in [-0.39, 0.29) is 22.7 Å². The van der Waals surface area contributed by atoms with Crippen molar-refractivity contribution in [3.8, 4) is 0 Å². The fourth-order valence-electron chi connectivity index (χ4n) is 8.49. The van der Waals surface area contributed by atoms with Crippen LogP contribution in [-0.4, -0.2) is 22.3 Å². The lowest BCUT2D eigenvalue weighted by atomic mass is 9.41. The minimum atomic E-state index is -0.734. The molecule has 0 saturated heterocycles. The van der Waals surface area contributed by atoms with Gasteiger partial charge in [0.2, 0.25) is 0 Å². The molecular formula is C22H34O3. The Morgan fingerprint density at radius 3 is 2.48 bits per heavy atom. The zero-order valence-electron chi connectivity index (χ0n) is 16.3. The Hall–Kier alpha value is -0.700. The highest BCUT2D eigenvalue weighted by Gasteiger charge is 2.66. The van der Waals surface area contributed by atoms with Gasteiger partial charge in [-0.1, -0.05) is 13.8 Å². The molecule has 1 N–H and O–H groups in total. The van der Waals surface area contributed by atoms with E-state index in [4.69, 9.17) is 0 Å². The second-order valence-electron chi connectivity index (χ2n) is 10.6. The van der Waals surface area contributed by atoms with Crippen molar-refractivity contribution in [3.05, 3.63) is 0 Å². The normalized spacial score (nSPS) is 55.2. The topological polar surface area (TPSA) is 54.4 Å². The molecule has 25 heavy (non-hydrogen) atoms. The van der Waals surface area contributed by atoms with Gasteiger partial charge >= 0.3 is 0 Å². The maximum atomic E-state index is 12.3. The standard InChI is InChI=1S/C22H34O3/c1-13(23)17-7-8-18-16-6-5-14-11-15(24)9-10-20(14,2)19(16)22(4,25)12-21(17,18)3/h14,16-19,25H,5-12H2,1-4H3/t14-,16+,17+,18-,19+,20+,21+,22+/m1/s1. The van der Waals surface area contributed by atoms with E-state index in [1.165, 1.54) is 0 Å². The molecule has 0 bridgehead atoms. The molecule has 4 aliphatic rings. The number of aliphatic hydroxyl groups is 1. The first-order valence-electron chi connectivity index (χ1n) is 10.3. The summed E-state index contributed by atoms with van der Waals surface area (Å²) >= 11 is 0. The predicted octanol–water partition coefficient (Wildman–Crippen LogP) is 4.16. The lowest BCUT2D eigenvalue weighted by Gasteiger charge is -2.64. The number of hydrogen-bond donors (Lipinski definition) is 1. The molecule has 0 amide bonds. The minimum absolute atomic E-state index is 0.0514. The van der Waals surface area contributed by atoms with Gasteiger partial charge in [-0.2, -0.15) is 0 Å². The Kier molecular flexibility index (Phi) is 3.83. The average molecular weight is 347 g/mol. The van der Waals surface area contributed by atoms with Gasteiger partial charge in [-0.3, -0.25) is 9.59 Å². The lowest BCUT2D eigenvalue weighted by Crippen LogP contribution is -2.63. The monoisotopic (exact) mass is 346 g/mol. The van der Waals surface area contributed by atoms with Crippen molar-refractivity contribution < 1.29 is 14.7 Å². The highest BCUT2D eigenvalue weighted by molar-refractivity contribution is 5.80. The summed E-state index contributed by atoms with van der Waals surface area (Å²) in [5.74, 6) is 2.62. The molecule has 0 spiro atoms. The van der Waals surface area contributed by atoms with Crippen molar-refractivity contribution in [1.82, 2.24) is 0 Å². The van der Waals surface area contributed by atoms with Gasteiger partial charge in [0.05, 0.1) is 5.60 Å². The van der Waals surface area contributed by atoms with Crippen molar-refractivity contribution in [3.63, 3.8) is 0 Å². The van der Waals surface area contributed by atoms with Gasteiger partial charge in [0, 0.05) is 18.8 Å². The van der Waals surface area contributed by atoms with Crippen LogP contribution in [0.4, 0.5) is 0 Å². The SMILES string of the molecule is CC(=O)[C@@H]1CC[C@@H]2[C@@H]3CC[C@@H]4CC(=O)CC[C@]4(C)[C@H]3[C@@](C)(O)C[C@]21C. The average Bonchev–Trinajstić information content (AvgIpc) is 2.83. The molecule has 0 aromatic heterocycles. The zero-order valence-corrected chi connectivity index (χ0v) is 16.3. The van der Waals surface area contributed by atoms with E-state index in [9.17, 15) is 14.7 Å². The Bertz CT molecular complexity index is 608.